The van der Waals surface area contributed by atoms with Crippen LogP contribution >= 0.6 is 0 Å². The summed E-state index contributed by atoms with van der Waals surface area (Å²) in [5.74, 6) is -0.464. The van der Waals surface area contributed by atoms with E-state index in [0.717, 1.165) is 12.8 Å². The third-order valence-corrected chi connectivity index (χ3v) is 5.88. The summed E-state index contributed by atoms with van der Waals surface area (Å²) >= 11 is 0. The Bertz CT molecular complexity index is 686. The number of unbranched alkanes of at least 4 members (excludes halogenated alkanes) is 12. The number of allylic oxidation sites excluding steroid dienone is 2. The molecule has 0 fully saturated rings. The molecule has 1 aromatic carbocycles. The fraction of sp³-hybridized carbons (Fsp3) is 0.690. The Kier molecular flexibility index (Phi) is 19.4. The molecule has 1 atom stereocenters. The van der Waals surface area contributed by atoms with E-state index in [1.165, 1.54) is 89.2 Å². The van der Waals surface area contributed by atoms with Crippen LogP contribution in [0.4, 0.5) is 4.39 Å². The Balaban J connectivity index is 1.93. The van der Waals surface area contributed by atoms with Crippen molar-refractivity contribution in [3.63, 3.8) is 0 Å². The first kappa shape index (κ1) is 30.3. The normalized spacial score (nSPS) is 12.3. The minimum Gasteiger partial charge on any atom is -0.394 e. The lowest BCUT2D eigenvalue weighted by Gasteiger charge is -2.16. The lowest BCUT2D eigenvalue weighted by Crippen LogP contribution is -2.24. The number of aliphatic hydroxyl groups is 1. The summed E-state index contributed by atoms with van der Waals surface area (Å²) in [4.78, 5) is 0. The van der Waals surface area contributed by atoms with Crippen LogP contribution < -0.4 is 0 Å². The quantitative estimate of drug-likeness (QED) is 0.138. The molecule has 4 nitrogen and oxygen atoms in total. The van der Waals surface area contributed by atoms with Gasteiger partial charge in [0.25, 0.3) is 0 Å². The van der Waals surface area contributed by atoms with Gasteiger partial charge in [-0.2, -0.15) is 5.26 Å². The third-order valence-electron chi connectivity index (χ3n) is 5.88. The summed E-state index contributed by atoms with van der Waals surface area (Å²) in [5, 5.41) is 18.4. The van der Waals surface area contributed by atoms with E-state index in [2.05, 4.69) is 19.1 Å². The van der Waals surface area contributed by atoms with Gasteiger partial charge in [-0.25, -0.2) is 4.39 Å². The van der Waals surface area contributed by atoms with E-state index < -0.39 is 11.9 Å². The van der Waals surface area contributed by atoms with E-state index in [1.54, 1.807) is 6.07 Å². The van der Waals surface area contributed by atoms with Crippen LogP contribution in [-0.4, -0.2) is 31.0 Å². The zero-order valence-electron chi connectivity index (χ0n) is 21.3. The first-order chi connectivity index (χ1) is 16.7. The van der Waals surface area contributed by atoms with Gasteiger partial charge in [-0.05, 0) is 55.9 Å². The summed E-state index contributed by atoms with van der Waals surface area (Å²) in [6.07, 6.45) is 22.1. The molecule has 0 saturated carbocycles. The number of nitrogens with zero attached hydrogens (tertiary/aromatic N) is 1. The molecule has 5 heteroatoms. The molecule has 0 aliphatic heterocycles. The average molecular weight is 476 g/mol. The van der Waals surface area contributed by atoms with Crippen molar-refractivity contribution in [2.24, 2.45) is 0 Å². The highest BCUT2D eigenvalue weighted by Crippen LogP contribution is 2.12. The fourth-order valence-electron chi connectivity index (χ4n) is 3.83. The van der Waals surface area contributed by atoms with Crippen molar-refractivity contribution >= 4 is 0 Å². The smallest absolute Gasteiger partial charge is 0.124 e. The summed E-state index contributed by atoms with van der Waals surface area (Å²) in [5.41, 5.74) is 0.832. The van der Waals surface area contributed by atoms with Gasteiger partial charge in [0.05, 0.1) is 31.5 Å². The molecule has 0 radical (unpaired) electrons. The van der Waals surface area contributed by atoms with Gasteiger partial charge < -0.3 is 14.6 Å². The van der Waals surface area contributed by atoms with Crippen molar-refractivity contribution in [2.45, 2.75) is 110 Å². The summed E-state index contributed by atoms with van der Waals surface area (Å²) in [7, 11) is 0. The van der Waals surface area contributed by atoms with Gasteiger partial charge >= 0.3 is 0 Å². The minimum absolute atomic E-state index is 0.134. The van der Waals surface area contributed by atoms with Gasteiger partial charge in [0.2, 0.25) is 0 Å². The van der Waals surface area contributed by atoms with Crippen LogP contribution in [0.5, 0.6) is 0 Å². The van der Waals surface area contributed by atoms with E-state index >= 15 is 0 Å². The van der Waals surface area contributed by atoms with Crippen LogP contribution in [0.2, 0.25) is 0 Å². The summed E-state index contributed by atoms with van der Waals surface area (Å²) < 4.78 is 24.7. The Morgan fingerprint density at radius 1 is 0.912 bits per heavy atom. The van der Waals surface area contributed by atoms with Gasteiger partial charge in [-0.15, -0.1) is 0 Å². The van der Waals surface area contributed by atoms with Crippen molar-refractivity contribution in [3.8, 4) is 6.07 Å². The maximum Gasteiger partial charge on any atom is 0.124 e. The van der Waals surface area contributed by atoms with Gasteiger partial charge in [0.1, 0.15) is 11.9 Å². The van der Waals surface area contributed by atoms with Crippen LogP contribution in [0.25, 0.3) is 0 Å². The zero-order chi connectivity index (χ0) is 24.7. The Labute approximate surface area is 207 Å². The van der Waals surface area contributed by atoms with Crippen molar-refractivity contribution in [3.05, 3.63) is 47.3 Å². The Hall–Kier alpha value is -1.74. The SMILES string of the molecule is CCCCCCCC/C=C\CCCCCCCCOC[C@H](CO)OCc1cc(F)cc(C#N)c1. The monoisotopic (exact) mass is 475 g/mol. The number of halogens is 1. The van der Waals surface area contributed by atoms with Crippen LogP contribution in [-0.2, 0) is 16.1 Å². The van der Waals surface area contributed by atoms with Crippen molar-refractivity contribution in [1.29, 1.82) is 5.26 Å². The zero-order valence-corrected chi connectivity index (χ0v) is 21.3. The number of aliphatic hydroxyl groups excluding tert-OH is 1. The number of ether oxygens (including phenoxy) is 2. The predicted molar refractivity (Wildman–Crippen MR) is 137 cm³/mol. The van der Waals surface area contributed by atoms with Crippen LogP contribution in [0.1, 0.15) is 108 Å². The van der Waals surface area contributed by atoms with E-state index in [9.17, 15) is 9.50 Å². The fourth-order valence-corrected chi connectivity index (χ4v) is 3.83. The maximum absolute atomic E-state index is 13.5. The van der Waals surface area contributed by atoms with Gasteiger partial charge in [-0.1, -0.05) is 76.9 Å². The van der Waals surface area contributed by atoms with Crippen LogP contribution in [0, 0.1) is 17.1 Å². The number of hydrogen-bond acceptors (Lipinski definition) is 4. The van der Waals surface area contributed by atoms with E-state index in [-0.39, 0.29) is 18.8 Å². The number of nitriles is 1. The lowest BCUT2D eigenvalue weighted by atomic mass is 10.1. The Morgan fingerprint density at radius 3 is 2.15 bits per heavy atom. The second kappa shape index (κ2) is 21.8. The molecule has 192 valence electrons. The van der Waals surface area contributed by atoms with E-state index in [1.807, 2.05) is 6.07 Å². The molecule has 1 rings (SSSR count). The molecule has 0 heterocycles. The summed E-state index contributed by atoms with van der Waals surface area (Å²) in [6.45, 7) is 3.20. The molecule has 1 aromatic rings. The molecule has 0 aromatic heterocycles. The second-order valence-electron chi connectivity index (χ2n) is 9.09. The summed E-state index contributed by atoms with van der Waals surface area (Å²) in [6, 6.07) is 6.04. The molecule has 1 N–H and O–H groups in total. The Morgan fingerprint density at radius 2 is 1.53 bits per heavy atom. The number of hydrogen-bond donors (Lipinski definition) is 1. The molecule has 0 aliphatic carbocycles. The van der Waals surface area contributed by atoms with Gasteiger partial charge in [-0.3, -0.25) is 0 Å². The molecule has 0 bridgehead atoms. The molecule has 0 unspecified atom stereocenters. The maximum atomic E-state index is 13.5. The molecular weight excluding hydrogens is 429 g/mol. The van der Waals surface area contributed by atoms with Gasteiger partial charge in [0, 0.05) is 6.61 Å². The molecule has 0 spiro atoms. The number of rotatable bonds is 22. The average Bonchev–Trinajstić information content (AvgIpc) is 2.84. The third kappa shape index (κ3) is 16.8. The second-order valence-corrected chi connectivity index (χ2v) is 9.09. The van der Waals surface area contributed by atoms with Crippen molar-refractivity contribution in [2.75, 3.05) is 19.8 Å². The van der Waals surface area contributed by atoms with Crippen LogP contribution in [0.3, 0.4) is 0 Å². The number of benzene rings is 1. The molecular formula is C29H46FNO3. The molecule has 34 heavy (non-hydrogen) atoms. The molecule has 0 amide bonds. The van der Waals surface area contributed by atoms with E-state index in [4.69, 9.17) is 14.7 Å². The molecule has 0 saturated heterocycles. The highest BCUT2D eigenvalue weighted by molar-refractivity contribution is 5.33. The van der Waals surface area contributed by atoms with Crippen molar-refractivity contribution < 1.29 is 19.0 Å². The topological polar surface area (TPSA) is 62.5 Å². The minimum atomic E-state index is -0.464. The largest absolute Gasteiger partial charge is 0.394 e. The van der Waals surface area contributed by atoms with Gasteiger partial charge in [0.15, 0.2) is 0 Å². The highest BCUT2D eigenvalue weighted by atomic mass is 19.1. The first-order valence-corrected chi connectivity index (χ1v) is 13.3. The predicted octanol–water partition coefficient (Wildman–Crippen LogP) is 7.63. The molecule has 0 aliphatic rings. The highest BCUT2D eigenvalue weighted by Gasteiger charge is 2.09. The standard InChI is InChI=1S/C29H46FNO3/c1-2-3-4-5-6-7-8-9-10-11-12-13-14-15-16-17-18-33-25-29(23-32)34-24-27-19-26(22-31)20-28(30)21-27/h9-10,19-21,29,32H,2-8,11-18,23-25H2,1H3/b10-9-/t29-/m0/s1. The van der Waals surface area contributed by atoms with Crippen molar-refractivity contribution in [1.82, 2.24) is 0 Å². The van der Waals surface area contributed by atoms with E-state index in [0.29, 0.717) is 18.8 Å². The van der Waals surface area contributed by atoms with Crippen LogP contribution in [0.15, 0.2) is 30.4 Å². The first-order valence-electron chi connectivity index (χ1n) is 13.3. The lowest BCUT2D eigenvalue weighted by molar-refractivity contribution is -0.0503.